The number of hydrogen-bond acceptors (Lipinski definition) is 3. The SMILES string of the molecule is N#CC1(Sc2ccc(Cl)cc2)CCOCC1. The van der Waals surface area contributed by atoms with Crippen LogP contribution in [-0.4, -0.2) is 18.0 Å². The molecule has 1 heterocycles. The normalized spacial score (nSPS) is 19.0. The minimum atomic E-state index is -0.327. The van der Waals surface area contributed by atoms with Crippen molar-refractivity contribution in [1.29, 1.82) is 5.26 Å². The van der Waals surface area contributed by atoms with Crippen molar-refractivity contribution in [1.82, 2.24) is 0 Å². The van der Waals surface area contributed by atoms with E-state index in [4.69, 9.17) is 16.3 Å². The van der Waals surface area contributed by atoms with E-state index in [1.807, 2.05) is 24.3 Å². The van der Waals surface area contributed by atoms with Gasteiger partial charge in [0.05, 0.1) is 6.07 Å². The Morgan fingerprint density at radius 2 is 1.88 bits per heavy atom. The highest BCUT2D eigenvalue weighted by molar-refractivity contribution is 8.01. The van der Waals surface area contributed by atoms with E-state index < -0.39 is 0 Å². The van der Waals surface area contributed by atoms with Crippen LogP contribution in [0.1, 0.15) is 12.8 Å². The lowest BCUT2D eigenvalue weighted by atomic mass is 10.0. The summed E-state index contributed by atoms with van der Waals surface area (Å²) in [5, 5.41) is 10.0. The molecule has 0 atom stereocenters. The van der Waals surface area contributed by atoms with Crippen LogP contribution in [0.2, 0.25) is 5.02 Å². The van der Waals surface area contributed by atoms with Crippen LogP contribution in [0.25, 0.3) is 0 Å². The van der Waals surface area contributed by atoms with Gasteiger partial charge in [0.2, 0.25) is 0 Å². The molecule has 0 amide bonds. The number of benzene rings is 1. The Kier molecular flexibility index (Phi) is 3.75. The van der Waals surface area contributed by atoms with Gasteiger partial charge in [-0.1, -0.05) is 11.6 Å². The highest BCUT2D eigenvalue weighted by atomic mass is 35.5. The average molecular weight is 254 g/mol. The molecule has 1 aromatic rings. The Morgan fingerprint density at radius 3 is 2.44 bits per heavy atom. The average Bonchev–Trinajstić information content (AvgIpc) is 2.33. The highest BCUT2D eigenvalue weighted by Gasteiger charge is 2.33. The minimum Gasteiger partial charge on any atom is -0.381 e. The van der Waals surface area contributed by atoms with Crippen LogP contribution in [0.15, 0.2) is 29.2 Å². The van der Waals surface area contributed by atoms with E-state index in [2.05, 4.69) is 6.07 Å². The van der Waals surface area contributed by atoms with Crippen molar-refractivity contribution in [3.63, 3.8) is 0 Å². The smallest absolute Gasteiger partial charge is 0.111 e. The Balaban J connectivity index is 2.12. The van der Waals surface area contributed by atoms with Gasteiger partial charge in [-0.3, -0.25) is 0 Å². The zero-order valence-electron chi connectivity index (χ0n) is 8.78. The fourth-order valence-electron chi connectivity index (χ4n) is 1.67. The monoisotopic (exact) mass is 253 g/mol. The Bertz CT molecular complexity index is 392. The minimum absolute atomic E-state index is 0.327. The van der Waals surface area contributed by atoms with Crippen LogP contribution in [0, 0.1) is 11.3 Å². The number of ether oxygens (including phenoxy) is 1. The molecule has 0 N–H and O–H groups in total. The fourth-order valence-corrected chi connectivity index (χ4v) is 2.93. The predicted octanol–water partition coefficient (Wildman–Crippen LogP) is 3.50. The summed E-state index contributed by atoms with van der Waals surface area (Å²) in [6.45, 7) is 1.35. The quantitative estimate of drug-likeness (QED) is 0.809. The molecule has 0 radical (unpaired) electrons. The third-order valence-corrected chi connectivity index (χ3v) is 4.28. The van der Waals surface area contributed by atoms with Crippen molar-refractivity contribution in [2.75, 3.05) is 13.2 Å². The zero-order valence-corrected chi connectivity index (χ0v) is 10.4. The van der Waals surface area contributed by atoms with Crippen molar-refractivity contribution >= 4 is 23.4 Å². The Labute approximate surface area is 105 Å². The van der Waals surface area contributed by atoms with E-state index in [-0.39, 0.29) is 4.75 Å². The number of rotatable bonds is 2. The van der Waals surface area contributed by atoms with Gasteiger partial charge in [0, 0.05) is 23.1 Å². The summed E-state index contributed by atoms with van der Waals surface area (Å²) in [6, 6.07) is 10.1. The van der Waals surface area contributed by atoms with Gasteiger partial charge in [0.15, 0.2) is 0 Å². The molecule has 1 aliphatic rings. The van der Waals surface area contributed by atoms with E-state index in [9.17, 15) is 5.26 Å². The van der Waals surface area contributed by atoms with Gasteiger partial charge < -0.3 is 4.74 Å². The van der Waals surface area contributed by atoms with Crippen molar-refractivity contribution in [3.05, 3.63) is 29.3 Å². The fraction of sp³-hybridized carbons (Fsp3) is 0.417. The van der Waals surface area contributed by atoms with Crippen LogP contribution in [0.5, 0.6) is 0 Å². The molecule has 0 spiro atoms. The lowest BCUT2D eigenvalue weighted by Crippen LogP contribution is -2.31. The van der Waals surface area contributed by atoms with Gasteiger partial charge in [0.25, 0.3) is 0 Å². The van der Waals surface area contributed by atoms with Crippen LogP contribution >= 0.6 is 23.4 Å². The van der Waals surface area contributed by atoms with Crippen LogP contribution in [-0.2, 0) is 4.74 Å². The second-order valence-electron chi connectivity index (χ2n) is 3.77. The predicted molar refractivity (Wildman–Crippen MR) is 65.7 cm³/mol. The standard InChI is InChI=1S/C12H12ClNOS/c13-10-1-3-11(4-2-10)16-12(9-14)5-7-15-8-6-12/h1-4H,5-8H2. The van der Waals surface area contributed by atoms with Crippen LogP contribution in [0.3, 0.4) is 0 Å². The first-order chi connectivity index (χ1) is 7.74. The molecule has 2 nitrogen and oxygen atoms in total. The lowest BCUT2D eigenvalue weighted by molar-refractivity contribution is 0.0886. The molecule has 4 heteroatoms. The second-order valence-corrected chi connectivity index (χ2v) is 5.67. The molecule has 1 saturated heterocycles. The first-order valence-corrected chi connectivity index (χ1v) is 6.37. The van der Waals surface area contributed by atoms with Crippen LogP contribution in [0.4, 0.5) is 0 Å². The molecule has 1 aromatic carbocycles. The summed E-state index contributed by atoms with van der Waals surface area (Å²) in [7, 11) is 0. The Hall–Kier alpha value is -0.690. The molecule has 84 valence electrons. The molecule has 0 aromatic heterocycles. The molecule has 0 bridgehead atoms. The number of thioether (sulfide) groups is 1. The van der Waals surface area contributed by atoms with Gasteiger partial charge in [-0.05, 0) is 37.1 Å². The van der Waals surface area contributed by atoms with Gasteiger partial charge in [-0.2, -0.15) is 5.26 Å². The molecule has 16 heavy (non-hydrogen) atoms. The third kappa shape index (κ3) is 2.70. The summed E-state index contributed by atoms with van der Waals surface area (Å²) in [5.74, 6) is 0. The zero-order chi connectivity index (χ0) is 11.4. The van der Waals surface area contributed by atoms with E-state index in [1.165, 1.54) is 0 Å². The van der Waals surface area contributed by atoms with Crippen molar-refractivity contribution in [3.8, 4) is 6.07 Å². The maximum Gasteiger partial charge on any atom is 0.111 e. The summed E-state index contributed by atoms with van der Waals surface area (Å²) in [6.07, 6.45) is 1.58. The van der Waals surface area contributed by atoms with Crippen molar-refractivity contribution in [2.45, 2.75) is 22.5 Å². The van der Waals surface area contributed by atoms with E-state index in [1.54, 1.807) is 11.8 Å². The van der Waals surface area contributed by atoms with Gasteiger partial charge in [-0.25, -0.2) is 0 Å². The van der Waals surface area contributed by atoms with Crippen LogP contribution < -0.4 is 0 Å². The first-order valence-electron chi connectivity index (χ1n) is 5.18. The Morgan fingerprint density at radius 1 is 1.25 bits per heavy atom. The first kappa shape index (κ1) is 11.8. The second kappa shape index (κ2) is 5.09. The van der Waals surface area contributed by atoms with Crippen molar-refractivity contribution in [2.24, 2.45) is 0 Å². The number of halogens is 1. The summed E-state index contributed by atoms with van der Waals surface area (Å²) >= 11 is 7.45. The van der Waals surface area contributed by atoms with E-state index >= 15 is 0 Å². The van der Waals surface area contributed by atoms with Gasteiger partial charge >= 0.3 is 0 Å². The largest absolute Gasteiger partial charge is 0.381 e. The maximum atomic E-state index is 9.30. The summed E-state index contributed by atoms with van der Waals surface area (Å²) in [5.41, 5.74) is 0. The maximum absolute atomic E-state index is 9.30. The molecular formula is C12H12ClNOS. The van der Waals surface area contributed by atoms with Gasteiger partial charge in [0.1, 0.15) is 4.75 Å². The summed E-state index contributed by atoms with van der Waals surface area (Å²) < 4.78 is 4.97. The molecule has 0 aliphatic carbocycles. The molecule has 1 aliphatic heterocycles. The number of hydrogen-bond donors (Lipinski definition) is 0. The van der Waals surface area contributed by atoms with Gasteiger partial charge in [-0.15, -0.1) is 11.8 Å². The van der Waals surface area contributed by atoms with Crippen molar-refractivity contribution < 1.29 is 4.74 Å². The lowest BCUT2D eigenvalue weighted by Gasteiger charge is -2.29. The van der Waals surface area contributed by atoms with E-state index in [0.717, 1.165) is 22.8 Å². The highest BCUT2D eigenvalue weighted by Crippen LogP contribution is 2.40. The number of nitrogens with zero attached hydrogens (tertiary/aromatic N) is 1. The molecule has 0 unspecified atom stereocenters. The molecule has 0 saturated carbocycles. The van der Waals surface area contributed by atoms with E-state index in [0.29, 0.717) is 13.2 Å². The molecule has 2 rings (SSSR count). The number of nitriles is 1. The molecular weight excluding hydrogens is 242 g/mol. The topological polar surface area (TPSA) is 33.0 Å². The third-order valence-electron chi connectivity index (χ3n) is 2.63. The summed E-state index contributed by atoms with van der Waals surface area (Å²) in [4.78, 5) is 1.09. The molecule has 1 fully saturated rings.